The quantitative estimate of drug-likeness (QED) is 0.587. The lowest BCUT2D eigenvalue weighted by atomic mass is 10.1. The van der Waals surface area contributed by atoms with Crippen LogP contribution in [-0.2, 0) is 19.1 Å². The number of hydrogen-bond donors (Lipinski definition) is 0. The molecule has 1 rings (SSSR count). The van der Waals surface area contributed by atoms with Crippen LogP contribution in [0.2, 0.25) is 0 Å². The third-order valence-electron chi connectivity index (χ3n) is 2.80. The molecule has 0 heterocycles. The normalized spacial score (nSPS) is 10.5. The minimum atomic E-state index is -1.10. The standard InChI is InChI=1S/C15H18O6/c1-18-12-8-6-10(9-13(12)19-2)5-7-11(14(16)20-3)15(17)21-4/h5-9,11H,1-4H3/b7-5+. The van der Waals surface area contributed by atoms with Gasteiger partial charge < -0.3 is 18.9 Å². The van der Waals surface area contributed by atoms with Gasteiger partial charge in [0.1, 0.15) is 0 Å². The van der Waals surface area contributed by atoms with Crippen molar-refractivity contribution in [2.45, 2.75) is 0 Å². The zero-order chi connectivity index (χ0) is 15.8. The SMILES string of the molecule is COC(=O)C(/C=C/c1ccc(OC)c(OC)c1)C(=O)OC. The second kappa shape index (κ2) is 7.94. The van der Waals surface area contributed by atoms with Crippen molar-refractivity contribution in [3.63, 3.8) is 0 Å². The summed E-state index contributed by atoms with van der Waals surface area (Å²) < 4.78 is 19.4. The van der Waals surface area contributed by atoms with E-state index in [1.807, 2.05) is 0 Å². The predicted molar refractivity (Wildman–Crippen MR) is 76.1 cm³/mol. The van der Waals surface area contributed by atoms with Gasteiger partial charge in [-0.25, -0.2) is 0 Å². The maximum Gasteiger partial charge on any atom is 0.323 e. The van der Waals surface area contributed by atoms with Crippen molar-refractivity contribution in [3.05, 3.63) is 29.8 Å². The molecule has 0 saturated heterocycles. The van der Waals surface area contributed by atoms with Crippen molar-refractivity contribution in [1.82, 2.24) is 0 Å². The summed E-state index contributed by atoms with van der Waals surface area (Å²) in [5.74, 6) is -1.33. The summed E-state index contributed by atoms with van der Waals surface area (Å²) in [5.41, 5.74) is 0.741. The number of carbonyl (C=O) groups is 2. The first-order chi connectivity index (χ1) is 10.1. The van der Waals surface area contributed by atoms with Gasteiger partial charge in [0.2, 0.25) is 0 Å². The Bertz CT molecular complexity index is 519. The summed E-state index contributed by atoms with van der Waals surface area (Å²) in [5, 5.41) is 0. The van der Waals surface area contributed by atoms with Gasteiger partial charge in [0.05, 0.1) is 28.4 Å². The van der Waals surface area contributed by atoms with E-state index < -0.39 is 17.9 Å². The monoisotopic (exact) mass is 294 g/mol. The maximum atomic E-state index is 11.5. The molecule has 0 aliphatic carbocycles. The highest BCUT2D eigenvalue weighted by Crippen LogP contribution is 2.28. The molecule has 6 nitrogen and oxygen atoms in total. The number of esters is 2. The molecule has 0 aliphatic rings. The van der Waals surface area contributed by atoms with E-state index >= 15 is 0 Å². The first-order valence-electron chi connectivity index (χ1n) is 6.13. The molecule has 1 aromatic rings. The van der Waals surface area contributed by atoms with E-state index in [0.717, 1.165) is 5.56 Å². The fourth-order valence-corrected chi connectivity index (χ4v) is 1.67. The van der Waals surface area contributed by atoms with Crippen molar-refractivity contribution in [3.8, 4) is 11.5 Å². The fourth-order valence-electron chi connectivity index (χ4n) is 1.67. The van der Waals surface area contributed by atoms with E-state index in [1.165, 1.54) is 34.5 Å². The zero-order valence-electron chi connectivity index (χ0n) is 12.4. The molecule has 0 aliphatic heterocycles. The molecule has 0 atom stereocenters. The Labute approximate surface area is 123 Å². The molecule has 6 heteroatoms. The van der Waals surface area contributed by atoms with Crippen LogP contribution in [0.25, 0.3) is 6.08 Å². The summed E-state index contributed by atoms with van der Waals surface area (Å²) in [7, 11) is 5.49. The molecule has 0 N–H and O–H groups in total. The topological polar surface area (TPSA) is 71.1 Å². The van der Waals surface area contributed by atoms with Gasteiger partial charge in [0.25, 0.3) is 0 Å². The Morgan fingerprint density at radius 3 is 2.00 bits per heavy atom. The highest BCUT2D eigenvalue weighted by atomic mass is 16.5. The largest absolute Gasteiger partial charge is 0.493 e. The third kappa shape index (κ3) is 4.24. The molecule has 0 bridgehead atoms. The first kappa shape index (κ1) is 16.6. The van der Waals surface area contributed by atoms with Crippen LogP contribution in [0.15, 0.2) is 24.3 Å². The summed E-state index contributed by atoms with van der Waals surface area (Å²) in [6.07, 6.45) is 3.03. The minimum absolute atomic E-state index is 0.548. The molecule has 0 unspecified atom stereocenters. The molecular formula is C15H18O6. The van der Waals surface area contributed by atoms with E-state index in [-0.39, 0.29) is 0 Å². The fraction of sp³-hybridized carbons (Fsp3) is 0.333. The average molecular weight is 294 g/mol. The van der Waals surface area contributed by atoms with Gasteiger partial charge in [0, 0.05) is 0 Å². The van der Waals surface area contributed by atoms with E-state index in [0.29, 0.717) is 11.5 Å². The van der Waals surface area contributed by atoms with Crippen LogP contribution in [0, 0.1) is 5.92 Å². The van der Waals surface area contributed by atoms with Gasteiger partial charge in [-0.1, -0.05) is 18.2 Å². The van der Waals surface area contributed by atoms with Crippen molar-refractivity contribution < 1.29 is 28.5 Å². The minimum Gasteiger partial charge on any atom is -0.493 e. The number of rotatable bonds is 6. The second-order valence-electron chi connectivity index (χ2n) is 4.00. The zero-order valence-corrected chi connectivity index (χ0v) is 12.4. The molecule has 0 fully saturated rings. The first-order valence-corrected chi connectivity index (χ1v) is 6.13. The lowest BCUT2D eigenvalue weighted by molar-refractivity contribution is -0.156. The van der Waals surface area contributed by atoms with Gasteiger partial charge in [-0.05, 0) is 17.7 Å². The van der Waals surface area contributed by atoms with Crippen LogP contribution in [0.5, 0.6) is 11.5 Å². The number of hydrogen-bond acceptors (Lipinski definition) is 6. The molecule has 0 saturated carbocycles. The van der Waals surface area contributed by atoms with E-state index in [9.17, 15) is 9.59 Å². The molecule has 0 aromatic heterocycles. The summed E-state index contributed by atoms with van der Waals surface area (Å²) in [6, 6.07) is 5.22. The molecule has 0 radical (unpaired) electrons. The molecule has 114 valence electrons. The average Bonchev–Trinajstić information content (AvgIpc) is 2.53. The van der Waals surface area contributed by atoms with Gasteiger partial charge in [-0.15, -0.1) is 0 Å². The van der Waals surface area contributed by atoms with Crippen LogP contribution in [0.4, 0.5) is 0 Å². The van der Waals surface area contributed by atoms with Crippen LogP contribution >= 0.6 is 0 Å². The number of ether oxygens (including phenoxy) is 4. The summed E-state index contributed by atoms with van der Waals surface area (Å²) in [6.45, 7) is 0. The Morgan fingerprint density at radius 1 is 0.952 bits per heavy atom. The lowest BCUT2D eigenvalue weighted by Crippen LogP contribution is -2.24. The van der Waals surface area contributed by atoms with Gasteiger partial charge in [0.15, 0.2) is 17.4 Å². The van der Waals surface area contributed by atoms with E-state index in [4.69, 9.17) is 9.47 Å². The van der Waals surface area contributed by atoms with Crippen molar-refractivity contribution >= 4 is 18.0 Å². The Hall–Kier alpha value is -2.50. The van der Waals surface area contributed by atoms with E-state index in [2.05, 4.69) is 9.47 Å². The van der Waals surface area contributed by atoms with Crippen molar-refractivity contribution in [1.29, 1.82) is 0 Å². The molecule has 0 amide bonds. The molecule has 0 spiro atoms. The lowest BCUT2D eigenvalue weighted by Gasteiger charge is -2.09. The van der Waals surface area contributed by atoms with Crippen LogP contribution < -0.4 is 9.47 Å². The Kier molecular flexibility index (Phi) is 6.26. The van der Waals surface area contributed by atoms with Crippen molar-refractivity contribution in [2.24, 2.45) is 5.92 Å². The maximum absolute atomic E-state index is 11.5. The summed E-state index contributed by atoms with van der Waals surface area (Å²) in [4.78, 5) is 23.1. The molecule has 21 heavy (non-hydrogen) atoms. The van der Waals surface area contributed by atoms with Gasteiger partial charge in [-0.3, -0.25) is 9.59 Å². The van der Waals surface area contributed by atoms with Crippen LogP contribution in [0.1, 0.15) is 5.56 Å². The van der Waals surface area contributed by atoms with Crippen LogP contribution in [0.3, 0.4) is 0 Å². The molecule has 1 aromatic carbocycles. The third-order valence-corrected chi connectivity index (χ3v) is 2.80. The second-order valence-corrected chi connectivity index (χ2v) is 4.00. The highest BCUT2D eigenvalue weighted by molar-refractivity contribution is 5.97. The highest BCUT2D eigenvalue weighted by Gasteiger charge is 2.25. The van der Waals surface area contributed by atoms with E-state index in [1.54, 1.807) is 24.3 Å². The summed E-state index contributed by atoms with van der Waals surface area (Å²) >= 11 is 0. The Balaban J connectivity index is 3.01. The van der Waals surface area contributed by atoms with Crippen LogP contribution in [-0.4, -0.2) is 40.4 Å². The number of methoxy groups -OCH3 is 4. The number of carbonyl (C=O) groups excluding carboxylic acids is 2. The smallest absolute Gasteiger partial charge is 0.323 e. The van der Waals surface area contributed by atoms with Crippen molar-refractivity contribution in [2.75, 3.05) is 28.4 Å². The molecular weight excluding hydrogens is 276 g/mol. The van der Waals surface area contributed by atoms with Gasteiger partial charge in [-0.2, -0.15) is 0 Å². The predicted octanol–water partition coefficient (Wildman–Crippen LogP) is 1.68. The number of benzene rings is 1. The Morgan fingerprint density at radius 2 is 1.52 bits per heavy atom. The van der Waals surface area contributed by atoms with Gasteiger partial charge >= 0.3 is 11.9 Å².